The van der Waals surface area contributed by atoms with Gasteiger partial charge in [0.15, 0.2) is 0 Å². The fourth-order valence-corrected chi connectivity index (χ4v) is 1.07. The van der Waals surface area contributed by atoms with E-state index < -0.39 is 0 Å². The molecule has 0 aliphatic heterocycles. The first-order valence-corrected chi connectivity index (χ1v) is 4.01. The summed E-state index contributed by atoms with van der Waals surface area (Å²) in [5, 5.41) is 3.49. The first-order valence-electron chi connectivity index (χ1n) is 4.01. The zero-order chi connectivity index (χ0) is 8.81. The van der Waals surface area contributed by atoms with Gasteiger partial charge < -0.3 is 0 Å². The molecular weight excluding hydrogens is 150 g/mol. The minimum atomic E-state index is 0.678. The van der Waals surface area contributed by atoms with E-state index in [1.54, 1.807) is 0 Å². The molecule has 0 saturated carbocycles. The average molecular weight is 161 g/mol. The van der Waals surface area contributed by atoms with Crippen molar-refractivity contribution in [2.24, 2.45) is 5.11 Å². The van der Waals surface area contributed by atoms with E-state index in [4.69, 9.17) is 5.53 Å². The SMILES string of the molecule is CCCc1ccc(N=[N+]=[N-])cc1. The van der Waals surface area contributed by atoms with Crippen molar-refractivity contribution in [2.75, 3.05) is 0 Å². The van der Waals surface area contributed by atoms with E-state index in [-0.39, 0.29) is 0 Å². The molecule has 0 saturated heterocycles. The third-order valence-electron chi connectivity index (χ3n) is 1.64. The lowest BCUT2D eigenvalue weighted by Gasteiger charge is -1.97. The topological polar surface area (TPSA) is 48.8 Å². The quantitative estimate of drug-likeness (QED) is 0.369. The van der Waals surface area contributed by atoms with E-state index in [1.165, 1.54) is 5.56 Å². The van der Waals surface area contributed by atoms with Crippen LogP contribution in [-0.2, 0) is 6.42 Å². The van der Waals surface area contributed by atoms with Crippen LogP contribution in [0.1, 0.15) is 18.9 Å². The molecular formula is C9H11N3. The monoisotopic (exact) mass is 161 g/mol. The summed E-state index contributed by atoms with van der Waals surface area (Å²) < 4.78 is 0. The van der Waals surface area contributed by atoms with Crippen molar-refractivity contribution in [3.8, 4) is 0 Å². The molecule has 0 amide bonds. The maximum absolute atomic E-state index is 8.15. The summed E-state index contributed by atoms with van der Waals surface area (Å²) in [5.74, 6) is 0. The molecule has 0 aliphatic carbocycles. The Bertz CT molecular complexity index is 283. The summed E-state index contributed by atoms with van der Waals surface area (Å²) >= 11 is 0. The Labute approximate surface area is 71.7 Å². The lowest BCUT2D eigenvalue weighted by Crippen LogP contribution is -1.79. The Kier molecular flexibility index (Phi) is 3.17. The molecule has 0 spiro atoms. The van der Waals surface area contributed by atoms with Crippen LogP contribution in [0.4, 0.5) is 5.69 Å². The van der Waals surface area contributed by atoms with Gasteiger partial charge in [-0.15, -0.1) is 0 Å². The molecule has 0 unspecified atom stereocenters. The van der Waals surface area contributed by atoms with Crippen LogP contribution in [0.5, 0.6) is 0 Å². The van der Waals surface area contributed by atoms with E-state index in [9.17, 15) is 0 Å². The van der Waals surface area contributed by atoms with E-state index >= 15 is 0 Å². The van der Waals surface area contributed by atoms with Crippen molar-refractivity contribution in [1.82, 2.24) is 0 Å². The van der Waals surface area contributed by atoms with Gasteiger partial charge in [-0.25, -0.2) is 0 Å². The second-order valence-electron chi connectivity index (χ2n) is 2.61. The van der Waals surface area contributed by atoms with Crippen molar-refractivity contribution >= 4 is 5.69 Å². The largest absolute Gasteiger partial charge is 0.0651 e. The third-order valence-corrected chi connectivity index (χ3v) is 1.64. The second kappa shape index (κ2) is 4.42. The molecule has 0 bridgehead atoms. The lowest BCUT2D eigenvalue weighted by molar-refractivity contribution is 0.922. The van der Waals surface area contributed by atoms with Crippen molar-refractivity contribution in [2.45, 2.75) is 19.8 Å². The molecule has 0 heterocycles. The molecule has 1 rings (SSSR count). The Hall–Kier alpha value is -1.47. The smallest absolute Gasteiger partial charge is 0.0375 e. The fraction of sp³-hybridized carbons (Fsp3) is 0.333. The second-order valence-corrected chi connectivity index (χ2v) is 2.61. The normalized spacial score (nSPS) is 9.08. The van der Waals surface area contributed by atoms with Crippen LogP contribution in [0, 0.1) is 0 Å². The van der Waals surface area contributed by atoms with E-state index in [2.05, 4.69) is 16.9 Å². The molecule has 0 N–H and O–H groups in total. The number of benzene rings is 1. The third kappa shape index (κ3) is 2.29. The van der Waals surface area contributed by atoms with E-state index in [1.807, 2.05) is 24.3 Å². The summed E-state index contributed by atoms with van der Waals surface area (Å²) in [5.41, 5.74) is 10.1. The standard InChI is InChI=1S/C9H11N3/c1-2-3-8-4-6-9(7-5-8)11-12-10/h4-7H,2-3H2,1H3. The zero-order valence-corrected chi connectivity index (χ0v) is 7.07. The van der Waals surface area contributed by atoms with Gasteiger partial charge in [-0.05, 0) is 17.5 Å². The van der Waals surface area contributed by atoms with Gasteiger partial charge in [-0.3, -0.25) is 0 Å². The number of hydrogen-bond donors (Lipinski definition) is 0. The summed E-state index contributed by atoms with van der Waals surface area (Å²) in [7, 11) is 0. The summed E-state index contributed by atoms with van der Waals surface area (Å²) in [6, 6.07) is 7.66. The summed E-state index contributed by atoms with van der Waals surface area (Å²) in [6.45, 7) is 2.14. The summed E-state index contributed by atoms with van der Waals surface area (Å²) in [4.78, 5) is 2.71. The number of azide groups is 1. The Morgan fingerprint density at radius 2 is 2.00 bits per heavy atom. The Morgan fingerprint density at radius 3 is 2.50 bits per heavy atom. The molecule has 3 heteroatoms. The number of rotatable bonds is 3. The molecule has 1 aromatic rings. The molecule has 0 atom stereocenters. The van der Waals surface area contributed by atoms with E-state index in [0.29, 0.717) is 5.69 Å². The van der Waals surface area contributed by atoms with Crippen molar-refractivity contribution in [1.29, 1.82) is 0 Å². The number of aryl methyl sites for hydroxylation is 1. The molecule has 12 heavy (non-hydrogen) atoms. The fourth-order valence-electron chi connectivity index (χ4n) is 1.07. The van der Waals surface area contributed by atoms with Crippen LogP contribution in [-0.4, -0.2) is 0 Å². The van der Waals surface area contributed by atoms with Gasteiger partial charge in [0.2, 0.25) is 0 Å². The highest BCUT2D eigenvalue weighted by molar-refractivity contribution is 5.38. The van der Waals surface area contributed by atoms with Gasteiger partial charge in [-0.1, -0.05) is 42.7 Å². The Morgan fingerprint density at radius 1 is 1.33 bits per heavy atom. The predicted octanol–water partition coefficient (Wildman–Crippen LogP) is 3.58. The minimum absolute atomic E-state index is 0.678. The molecule has 0 fully saturated rings. The van der Waals surface area contributed by atoms with Crippen molar-refractivity contribution in [3.05, 3.63) is 40.3 Å². The van der Waals surface area contributed by atoms with Gasteiger partial charge in [0.1, 0.15) is 0 Å². The van der Waals surface area contributed by atoms with Crippen LogP contribution in [0.2, 0.25) is 0 Å². The molecule has 1 aromatic carbocycles. The van der Waals surface area contributed by atoms with Gasteiger partial charge in [0.05, 0.1) is 0 Å². The molecule has 3 nitrogen and oxygen atoms in total. The van der Waals surface area contributed by atoms with Gasteiger partial charge in [-0.2, -0.15) is 0 Å². The highest BCUT2D eigenvalue weighted by Crippen LogP contribution is 2.13. The Balaban J connectivity index is 2.77. The predicted molar refractivity (Wildman–Crippen MR) is 49.2 cm³/mol. The number of nitrogens with zero attached hydrogens (tertiary/aromatic N) is 3. The number of hydrogen-bond acceptors (Lipinski definition) is 1. The lowest BCUT2D eigenvalue weighted by atomic mass is 10.1. The van der Waals surface area contributed by atoms with Gasteiger partial charge >= 0.3 is 0 Å². The maximum Gasteiger partial charge on any atom is 0.0375 e. The minimum Gasteiger partial charge on any atom is -0.0651 e. The van der Waals surface area contributed by atoms with E-state index in [0.717, 1.165) is 12.8 Å². The first kappa shape index (κ1) is 8.62. The molecule has 0 aromatic heterocycles. The zero-order valence-electron chi connectivity index (χ0n) is 7.07. The molecule has 0 radical (unpaired) electrons. The van der Waals surface area contributed by atoms with Crippen LogP contribution >= 0.6 is 0 Å². The summed E-state index contributed by atoms with van der Waals surface area (Å²) in [6.07, 6.45) is 2.22. The van der Waals surface area contributed by atoms with Crippen LogP contribution in [0.15, 0.2) is 29.4 Å². The van der Waals surface area contributed by atoms with Crippen molar-refractivity contribution in [3.63, 3.8) is 0 Å². The molecule has 62 valence electrons. The van der Waals surface area contributed by atoms with Crippen molar-refractivity contribution < 1.29 is 0 Å². The van der Waals surface area contributed by atoms with Gasteiger partial charge in [0.25, 0.3) is 0 Å². The highest BCUT2D eigenvalue weighted by atomic mass is 15.1. The van der Waals surface area contributed by atoms with Crippen LogP contribution < -0.4 is 0 Å². The van der Waals surface area contributed by atoms with Gasteiger partial charge in [0, 0.05) is 10.6 Å². The van der Waals surface area contributed by atoms with Crippen LogP contribution in [0.25, 0.3) is 10.4 Å². The molecule has 0 aliphatic rings. The average Bonchev–Trinajstić information content (AvgIpc) is 2.09. The first-order chi connectivity index (χ1) is 5.86. The highest BCUT2D eigenvalue weighted by Gasteiger charge is 1.90. The van der Waals surface area contributed by atoms with Crippen LogP contribution in [0.3, 0.4) is 0 Å². The maximum atomic E-state index is 8.15.